The number of halogens is 1. The smallest absolute Gasteiger partial charge is 0.0815 e. The van der Waals surface area contributed by atoms with Crippen LogP contribution in [0.15, 0.2) is 11.1 Å². The van der Waals surface area contributed by atoms with E-state index < -0.39 is 5.60 Å². The Kier molecular flexibility index (Phi) is 4.89. The second kappa shape index (κ2) is 5.71. The molecule has 0 unspecified atom stereocenters. The monoisotopic (exact) mass is 219 g/mol. The normalized spacial score (nSPS) is 22.4. The first-order chi connectivity index (χ1) is 6.66. The van der Waals surface area contributed by atoms with Gasteiger partial charge in [-0.15, -0.1) is 0 Å². The Balaban J connectivity index is 2.22. The highest BCUT2D eigenvalue weighted by Crippen LogP contribution is 2.19. The summed E-state index contributed by atoms with van der Waals surface area (Å²) in [4.78, 5) is 0. The molecular weight excluding hydrogens is 202 g/mol. The molecular formula is C10H18ClNO2. The van der Waals surface area contributed by atoms with Crippen LogP contribution in [-0.4, -0.2) is 37.0 Å². The number of ether oxygens (including phenoxy) is 1. The number of rotatable bonds is 4. The van der Waals surface area contributed by atoms with Gasteiger partial charge in [-0.05, 0) is 12.5 Å². The molecule has 1 aliphatic rings. The second-order valence-electron chi connectivity index (χ2n) is 3.90. The predicted octanol–water partition coefficient (Wildman–Crippen LogP) is 1.26. The van der Waals surface area contributed by atoms with Gasteiger partial charge in [-0.2, -0.15) is 0 Å². The lowest BCUT2D eigenvalue weighted by molar-refractivity contribution is -0.0611. The van der Waals surface area contributed by atoms with Gasteiger partial charge in [0.2, 0.25) is 0 Å². The fourth-order valence-electron chi connectivity index (χ4n) is 1.46. The van der Waals surface area contributed by atoms with E-state index in [9.17, 15) is 5.11 Å². The lowest BCUT2D eigenvalue weighted by Crippen LogP contribution is -2.45. The van der Waals surface area contributed by atoms with E-state index in [0.717, 1.165) is 12.1 Å². The topological polar surface area (TPSA) is 41.5 Å². The third kappa shape index (κ3) is 3.96. The largest absolute Gasteiger partial charge is 0.388 e. The summed E-state index contributed by atoms with van der Waals surface area (Å²) in [6, 6.07) is 0. The molecule has 0 aromatic heterocycles. The van der Waals surface area contributed by atoms with Crippen molar-refractivity contribution in [1.82, 2.24) is 5.32 Å². The maximum Gasteiger partial charge on any atom is 0.0815 e. The molecule has 0 radical (unpaired) electrons. The zero-order valence-corrected chi connectivity index (χ0v) is 9.31. The Hall–Kier alpha value is -0.0900. The third-order valence-corrected chi connectivity index (χ3v) is 2.84. The Morgan fingerprint density at radius 3 is 2.79 bits per heavy atom. The van der Waals surface area contributed by atoms with Crippen molar-refractivity contribution >= 4 is 11.6 Å². The maximum absolute atomic E-state index is 10.1. The maximum atomic E-state index is 10.1. The number of aliphatic hydroxyl groups is 1. The molecule has 1 fully saturated rings. The molecule has 0 bridgehead atoms. The Labute approximate surface area is 90.1 Å². The number of nitrogens with one attached hydrogen (secondary N) is 1. The van der Waals surface area contributed by atoms with Crippen molar-refractivity contribution in [3.8, 4) is 0 Å². The Morgan fingerprint density at radius 2 is 2.21 bits per heavy atom. The fourth-order valence-corrected chi connectivity index (χ4v) is 1.54. The lowest BCUT2D eigenvalue weighted by Gasteiger charge is -2.32. The van der Waals surface area contributed by atoms with Gasteiger partial charge in [0.05, 0.1) is 5.60 Å². The predicted molar refractivity (Wildman–Crippen MR) is 57.5 cm³/mol. The minimum atomic E-state index is -0.592. The van der Waals surface area contributed by atoms with Crippen molar-refractivity contribution in [3.05, 3.63) is 11.1 Å². The van der Waals surface area contributed by atoms with Crippen LogP contribution in [0.1, 0.15) is 19.8 Å². The van der Waals surface area contributed by atoms with Crippen LogP contribution >= 0.6 is 11.6 Å². The van der Waals surface area contributed by atoms with E-state index in [0.29, 0.717) is 32.6 Å². The number of hydrogen-bond acceptors (Lipinski definition) is 3. The molecule has 1 saturated heterocycles. The Morgan fingerprint density at radius 1 is 1.57 bits per heavy atom. The first-order valence-corrected chi connectivity index (χ1v) is 5.37. The van der Waals surface area contributed by atoms with Crippen LogP contribution in [0.3, 0.4) is 0 Å². The summed E-state index contributed by atoms with van der Waals surface area (Å²) in [7, 11) is 0. The average molecular weight is 220 g/mol. The standard InChI is InChI=1S/C10H18ClNO2/c1-9(6-11)7-12-8-10(13)2-4-14-5-3-10/h6,12-13H,2-5,7-8H2,1H3. The lowest BCUT2D eigenvalue weighted by atomic mass is 9.94. The first-order valence-electron chi connectivity index (χ1n) is 4.93. The highest BCUT2D eigenvalue weighted by Gasteiger charge is 2.28. The van der Waals surface area contributed by atoms with E-state index in [-0.39, 0.29) is 0 Å². The van der Waals surface area contributed by atoms with Crippen LogP contribution in [0.5, 0.6) is 0 Å². The summed E-state index contributed by atoms with van der Waals surface area (Å²) in [5.74, 6) is 0. The van der Waals surface area contributed by atoms with Crippen LogP contribution < -0.4 is 5.32 Å². The molecule has 1 rings (SSSR count). The highest BCUT2D eigenvalue weighted by molar-refractivity contribution is 6.25. The van der Waals surface area contributed by atoms with Gasteiger partial charge in [0, 0.05) is 44.7 Å². The molecule has 1 aliphatic heterocycles. The van der Waals surface area contributed by atoms with Gasteiger partial charge in [0.15, 0.2) is 0 Å². The van der Waals surface area contributed by atoms with E-state index in [2.05, 4.69) is 5.32 Å². The quantitative estimate of drug-likeness (QED) is 0.748. The summed E-state index contributed by atoms with van der Waals surface area (Å²) in [6.07, 6.45) is 1.42. The highest BCUT2D eigenvalue weighted by atomic mass is 35.5. The van der Waals surface area contributed by atoms with Gasteiger partial charge in [0.1, 0.15) is 0 Å². The van der Waals surface area contributed by atoms with Crippen molar-refractivity contribution in [2.45, 2.75) is 25.4 Å². The summed E-state index contributed by atoms with van der Waals surface area (Å²) in [5.41, 5.74) is 2.04. The van der Waals surface area contributed by atoms with Gasteiger partial charge in [-0.1, -0.05) is 11.6 Å². The van der Waals surface area contributed by atoms with Crippen molar-refractivity contribution in [3.63, 3.8) is 0 Å². The second-order valence-corrected chi connectivity index (χ2v) is 4.11. The number of hydrogen-bond donors (Lipinski definition) is 2. The van der Waals surface area contributed by atoms with Crippen LogP contribution in [0.25, 0.3) is 0 Å². The molecule has 82 valence electrons. The van der Waals surface area contributed by atoms with Gasteiger partial charge in [-0.25, -0.2) is 0 Å². The third-order valence-electron chi connectivity index (χ3n) is 2.47. The molecule has 2 N–H and O–H groups in total. The van der Waals surface area contributed by atoms with Crippen molar-refractivity contribution < 1.29 is 9.84 Å². The van der Waals surface area contributed by atoms with Crippen LogP contribution in [0.2, 0.25) is 0 Å². The van der Waals surface area contributed by atoms with Gasteiger partial charge < -0.3 is 15.2 Å². The average Bonchev–Trinajstić information content (AvgIpc) is 2.18. The van der Waals surface area contributed by atoms with E-state index in [1.807, 2.05) is 6.92 Å². The molecule has 1 heterocycles. The molecule has 0 atom stereocenters. The molecule has 0 aliphatic carbocycles. The molecule has 0 aromatic rings. The molecule has 3 nitrogen and oxygen atoms in total. The molecule has 14 heavy (non-hydrogen) atoms. The van der Waals surface area contributed by atoms with E-state index in [4.69, 9.17) is 16.3 Å². The molecule has 0 amide bonds. The van der Waals surface area contributed by atoms with E-state index in [1.165, 1.54) is 0 Å². The SMILES string of the molecule is CC(=CCl)CNCC1(O)CCOCC1. The van der Waals surface area contributed by atoms with Gasteiger partial charge in [-0.3, -0.25) is 0 Å². The summed E-state index contributed by atoms with van der Waals surface area (Å²) >= 11 is 5.52. The van der Waals surface area contributed by atoms with Crippen LogP contribution in [-0.2, 0) is 4.74 Å². The molecule has 0 spiro atoms. The molecule has 4 heteroatoms. The Bertz CT molecular complexity index is 200. The first kappa shape index (κ1) is 12.0. The fraction of sp³-hybridized carbons (Fsp3) is 0.800. The van der Waals surface area contributed by atoms with Crippen LogP contribution in [0, 0.1) is 0 Å². The zero-order valence-electron chi connectivity index (χ0n) is 8.55. The van der Waals surface area contributed by atoms with Crippen LogP contribution in [0.4, 0.5) is 0 Å². The van der Waals surface area contributed by atoms with Crippen molar-refractivity contribution in [2.24, 2.45) is 0 Å². The van der Waals surface area contributed by atoms with E-state index >= 15 is 0 Å². The van der Waals surface area contributed by atoms with Crippen molar-refractivity contribution in [1.29, 1.82) is 0 Å². The minimum absolute atomic E-state index is 0.592. The van der Waals surface area contributed by atoms with Gasteiger partial charge in [0.25, 0.3) is 0 Å². The van der Waals surface area contributed by atoms with Gasteiger partial charge >= 0.3 is 0 Å². The van der Waals surface area contributed by atoms with Crippen molar-refractivity contribution in [2.75, 3.05) is 26.3 Å². The zero-order chi connectivity index (χ0) is 10.4. The summed E-state index contributed by atoms with van der Waals surface area (Å²) < 4.78 is 5.19. The minimum Gasteiger partial charge on any atom is -0.388 e. The summed E-state index contributed by atoms with van der Waals surface area (Å²) in [5, 5.41) is 13.2. The molecule has 0 aromatic carbocycles. The molecule has 0 saturated carbocycles. The van der Waals surface area contributed by atoms with E-state index in [1.54, 1.807) is 5.54 Å². The summed E-state index contributed by atoms with van der Waals surface area (Å²) in [6.45, 7) is 4.60.